The van der Waals surface area contributed by atoms with E-state index in [0.29, 0.717) is 17.0 Å². The molecule has 2 heterocycles. The molecule has 1 fully saturated rings. The van der Waals surface area contributed by atoms with Crippen LogP contribution in [0.5, 0.6) is 5.75 Å². The van der Waals surface area contributed by atoms with Crippen molar-refractivity contribution in [2.24, 2.45) is 7.05 Å². The quantitative estimate of drug-likeness (QED) is 0.199. The average molecular weight is 595 g/mol. The first kappa shape index (κ1) is 28.2. The van der Waals surface area contributed by atoms with E-state index in [9.17, 15) is 22.8 Å². The molecule has 5 aromatic rings. The van der Waals surface area contributed by atoms with Gasteiger partial charge in [-0.1, -0.05) is 48.5 Å². The predicted octanol–water partition coefficient (Wildman–Crippen LogP) is 6.86. The van der Waals surface area contributed by atoms with Gasteiger partial charge >= 0.3 is 6.36 Å². The van der Waals surface area contributed by atoms with E-state index in [0.717, 1.165) is 35.0 Å². The molecule has 0 saturated heterocycles. The van der Waals surface area contributed by atoms with E-state index in [4.69, 9.17) is 4.98 Å². The van der Waals surface area contributed by atoms with Gasteiger partial charge in [-0.15, -0.1) is 13.2 Å². The highest BCUT2D eigenvalue weighted by Gasteiger charge is 2.36. The number of imidazole rings is 1. The van der Waals surface area contributed by atoms with Crippen LogP contribution in [0.2, 0.25) is 0 Å². The Kier molecular flexibility index (Phi) is 7.02. The summed E-state index contributed by atoms with van der Waals surface area (Å²) in [6.45, 7) is 3.26. The first-order valence-corrected chi connectivity index (χ1v) is 16.2. The van der Waals surface area contributed by atoms with Crippen molar-refractivity contribution < 1.29 is 27.6 Å². The average Bonchev–Trinajstić information content (AvgIpc) is 3.58. The van der Waals surface area contributed by atoms with E-state index >= 15 is 0 Å². The van der Waals surface area contributed by atoms with Gasteiger partial charge in [0.15, 0.2) is 0 Å². The molecule has 42 heavy (non-hydrogen) atoms. The van der Waals surface area contributed by atoms with Crippen LogP contribution in [0.15, 0.2) is 72.9 Å². The normalized spacial score (nSPS) is 14.8. The molecule has 0 spiro atoms. The van der Waals surface area contributed by atoms with Crippen molar-refractivity contribution in [3.8, 4) is 28.4 Å². The van der Waals surface area contributed by atoms with Gasteiger partial charge in [-0.3, -0.25) is 4.68 Å². The lowest BCUT2D eigenvalue weighted by molar-refractivity contribution is -0.274. The van der Waals surface area contributed by atoms with E-state index in [1.54, 1.807) is 17.8 Å². The van der Waals surface area contributed by atoms with Crippen molar-refractivity contribution in [1.29, 1.82) is 0 Å². The summed E-state index contributed by atoms with van der Waals surface area (Å²) in [7, 11) is -1.05. The number of rotatable bonds is 8. The summed E-state index contributed by atoms with van der Waals surface area (Å²) in [5, 5.41) is 16.6. The van der Waals surface area contributed by atoms with Crippen LogP contribution >= 0.6 is 7.14 Å². The van der Waals surface area contributed by atoms with Crippen LogP contribution in [-0.2, 0) is 18.2 Å². The highest BCUT2D eigenvalue weighted by Crippen LogP contribution is 2.48. The van der Waals surface area contributed by atoms with E-state index in [1.165, 1.54) is 25.5 Å². The zero-order valence-corrected chi connectivity index (χ0v) is 24.2. The molecule has 3 aromatic carbocycles. The Morgan fingerprint density at radius 1 is 1.05 bits per heavy atom. The Labute approximate surface area is 241 Å². The first-order valence-electron chi connectivity index (χ1n) is 13.6. The number of fused-ring (bicyclic) bond motifs is 1. The molecule has 1 atom stereocenters. The summed E-state index contributed by atoms with van der Waals surface area (Å²) in [5.41, 5.74) is 4.06. The molecule has 218 valence electrons. The van der Waals surface area contributed by atoms with Crippen molar-refractivity contribution >= 4 is 23.3 Å². The van der Waals surface area contributed by atoms with Crippen molar-refractivity contribution in [1.82, 2.24) is 19.3 Å². The molecule has 7 nitrogen and oxygen atoms in total. The number of halogens is 3. The number of aromatic nitrogens is 4. The van der Waals surface area contributed by atoms with Gasteiger partial charge in [-0.25, -0.2) is 4.98 Å². The van der Waals surface area contributed by atoms with Gasteiger partial charge < -0.3 is 19.0 Å². The van der Waals surface area contributed by atoms with Crippen molar-refractivity contribution in [2.75, 3.05) is 13.3 Å². The van der Waals surface area contributed by atoms with E-state index in [2.05, 4.69) is 9.84 Å². The SMILES string of the molecule is Cn1c(-c2ccc(P(C)(C)=O)cc2OC(F)(F)F)nc(-c2cccc3nn(C[C@H](O)c4ccccc4)cc23)c1C1CC1. The van der Waals surface area contributed by atoms with Gasteiger partial charge in [0.05, 0.1) is 29.4 Å². The highest BCUT2D eigenvalue weighted by atomic mass is 31.2. The van der Waals surface area contributed by atoms with Crippen LogP contribution in [0.1, 0.15) is 36.1 Å². The Morgan fingerprint density at radius 3 is 2.45 bits per heavy atom. The molecule has 2 aromatic heterocycles. The Morgan fingerprint density at radius 2 is 1.79 bits per heavy atom. The van der Waals surface area contributed by atoms with Crippen LogP contribution in [0.4, 0.5) is 13.2 Å². The Hall–Kier alpha value is -3.88. The fourth-order valence-corrected chi connectivity index (χ4v) is 6.23. The third kappa shape index (κ3) is 5.61. The second-order valence-electron chi connectivity index (χ2n) is 11.1. The fourth-order valence-electron chi connectivity index (χ4n) is 5.36. The monoisotopic (exact) mass is 594 g/mol. The minimum Gasteiger partial charge on any atom is -0.405 e. The van der Waals surface area contributed by atoms with Crippen LogP contribution in [0.25, 0.3) is 33.5 Å². The van der Waals surface area contributed by atoms with Crippen LogP contribution in [-0.4, -0.2) is 44.1 Å². The fraction of sp³-hybridized carbons (Fsp3) is 0.290. The van der Waals surface area contributed by atoms with Crippen molar-refractivity contribution in [3.05, 3.63) is 84.2 Å². The molecular formula is C31H30F3N4O3P. The lowest BCUT2D eigenvalue weighted by atomic mass is 10.0. The number of hydrogen-bond acceptors (Lipinski definition) is 5. The van der Waals surface area contributed by atoms with Gasteiger partial charge in [-0.2, -0.15) is 5.10 Å². The summed E-state index contributed by atoms with van der Waals surface area (Å²) in [6, 6.07) is 19.3. The summed E-state index contributed by atoms with van der Waals surface area (Å²) >= 11 is 0. The van der Waals surface area contributed by atoms with Gasteiger partial charge in [-0.05, 0) is 49.9 Å². The number of nitrogens with zero attached hydrogens (tertiary/aromatic N) is 4. The second-order valence-corrected chi connectivity index (χ2v) is 14.3. The largest absolute Gasteiger partial charge is 0.573 e. The number of alkyl halides is 3. The standard InChI is InChI=1S/C31H30F3N4O3P/c1-37-29(20-12-13-20)28(35-30(37)23-15-14-21(42(2,3)40)16-27(23)41-31(32,33)34)22-10-7-11-25-24(22)17-38(36-25)18-26(39)19-8-5-4-6-9-19/h4-11,14-17,20,26,39H,12-13,18H2,1-3H3/t26-/m0/s1. The minimum atomic E-state index is -4.93. The molecular weight excluding hydrogens is 564 g/mol. The molecule has 0 bridgehead atoms. The Balaban J connectivity index is 1.46. The zero-order chi connectivity index (χ0) is 29.8. The molecule has 6 rings (SSSR count). The number of benzene rings is 3. The molecule has 1 saturated carbocycles. The summed E-state index contributed by atoms with van der Waals surface area (Å²) in [4.78, 5) is 4.92. The maximum absolute atomic E-state index is 13.5. The molecule has 1 aliphatic carbocycles. The smallest absolute Gasteiger partial charge is 0.405 e. The maximum Gasteiger partial charge on any atom is 0.573 e. The van der Waals surface area contributed by atoms with E-state index < -0.39 is 25.4 Å². The van der Waals surface area contributed by atoms with Gasteiger partial charge in [0.1, 0.15) is 18.7 Å². The third-order valence-corrected chi connectivity index (χ3v) is 9.08. The van der Waals surface area contributed by atoms with E-state index in [-0.39, 0.29) is 23.3 Å². The Bertz CT molecular complexity index is 1820. The minimum absolute atomic E-state index is 0.161. The lowest BCUT2D eigenvalue weighted by Gasteiger charge is -2.16. The lowest BCUT2D eigenvalue weighted by Crippen LogP contribution is -2.19. The zero-order valence-electron chi connectivity index (χ0n) is 23.3. The highest BCUT2D eigenvalue weighted by molar-refractivity contribution is 7.70. The van der Waals surface area contributed by atoms with E-state index in [1.807, 2.05) is 59.3 Å². The summed E-state index contributed by atoms with van der Waals surface area (Å²) in [6.07, 6.45) is -1.91. The summed E-state index contributed by atoms with van der Waals surface area (Å²) in [5.74, 6) is 0.102. The maximum atomic E-state index is 13.5. The predicted molar refractivity (Wildman–Crippen MR) is 157 cm³/mol. The number of aliphatic hydroxyl groups excluding tert-OH is 1. The molecule has 0 amide bonds. The molecule has 11 heteroatoms. The van der Waals surface area contributed by atoms with Crippen LogP contribution in [0, 0.1) is 0 Å². The van der Waals surface area contributed by atoms with Gasteiger partial charge in [0.25, 0.3) is 0 Å². The number of aliphatic hydroxyl groups is 1. The van der Waals surface area contributed by atoms with Crippen LogP contribution in [0.3, 0.4) is 0 Å². The van der Waals surface area contributed by atoms with Gasteiger partial charge in [0, 0.05) is 41.1 Å². The summed E-state index contributed by atoms with van der Waals surface area (Å²) < 4.78 is 61.1. The number of hydrogen-bond donors (Lipinski definition) is 1. The van der Waals surface area contributed by atoms with Crippen LogP contribution < -0.4 is 10.0 Å². The number of ether oxygens (including phenoxy) is 1. The molecule has 1 aliphatic rings. The second kappa shape index (κ2) is 10.4. The first-order chi connectivity index (χ1) is 19.9. The molecule has 0 radical (unpaired) electrons. The van der Waals surface area contributed by atoms with Gasteiger partial charge in [0.2, 0.25) is 0 Å². The van der Waals surface area contributed by atoms with Crippen molar-refractivity contribution in [3.63, 3.8) is 0 Å². The molecule has 1 N–H and O–H groups in total. The molecule has 0 aliphatic heterocycles. The topological polar surface area (TPSA) is 82.2 Å². The molecule has 0 unspecified atom stereocenters. The van der Waals surface area contributed by atoms with Crippen molar-refractivity contribution in [2.45, 2.75) is 37.8 Å². The third-order valence-electron chi connectivity index (χ3n) is 7.55.